The van der Waals surface area contributed by atoms with Crippen molar-refractivity contribution in [2.24, 2.45) is 0 Å². The van der Waals surface area contributed by atoms with Crippen LogP contribution in [0.15, 0.2) is 53.4 Å². The van der Waals surface area contributed by atoms with Crippen LogP contribution in [0.25, 0.3) is 0 Å². The highest BCUT2D eigenvalue weighted by Gasteiger charge is 2.23. The van der Waals surface area contributed by atoms with Gasteiger partial charge in [0.15, 0.2) is 0 Å². The molecule has 1 amide bonds. The summed E-state index contributed by atoms with van der Waals surface area (Å²) in [4.78, 5) is 13.0. The van der Waals surface area contributed by atoms with E-state index in [2.05, 4.69) is 11.4 Å². The van der Waals surface area contributed by atoms with Gasteiger partial charge in [0.1, 0.15) is 0 Å². The van der Waals surface area contributed by atoms with Gasteiger partial charge < -0.3 is 10.1 Å². The molecule has 0 radical (unpaired) electrons. The first-order chi connectivity index (χ1) is 11.1. The molecule has 5 heteroatoms. The van der Waals surface area contributed by atoms with Gasteiger partial charge in [0.25, 0.3) is 0 Å². The first-order valence-electron chi connectivity index (χ1n) is 7.57. The first kappa shape index (κ1) is 15.9. The van der Waals surface area contributed by atoms with E-state index in [0.29, 0.717) is 17.2 Å². The Balaban J connectivity index is 1.73. The summed E-state index contributed by atoms with van der Waals surface area (Å²) in [5, 5.41) is 2.86. The van der Waals surface area contributed by atoms with Crippen molar-refractivity contribution in [2.45, 2.75) is 23.8 Å². The van der Waals surface area contributed by atoms with Crippen molar-refractivity contribution in [3.63, 3.8) is 0 Å². The molecule has 120 valence electrons. The summed E-state index contributed by atoms with van der Waals surface area (Å²) in [7, 11) is -1.15. The number of hydrogen-bond donors (Lipinski definition) is 1. The van der Waals surface area contributed by atoms with E-state index >= 15 is 0 Å². The Morgan fingerprint density at radius 2 is 1.96 bits per heavy atom. The number of rotatable bonds is 4. The number of para-hydroxylation sites is 1. The predicted octanol–water partition coefficient (Wildman–Crippen LogP) is 3.07. The summed E-state index contributed by atoms with van der Waals surface area (Å²) in [6.45, 7) is 0.629. The van der Waals surface area contributed by atoms with Gasteiger partial charge in [-0.1, -0.05) is 36.4 Å². The molecule has 4 nitrogen and oxygen atoms in total. The van der Waals surface area contributed by atoms with E-state index in [9.17, 15) is 9.00 Å². The summed E-state index contributed by atoms with van der Waals surface area (Å²) in [5.41, 5.74) is 2.93. The summed E-state index contributed by atoms with van der Waals surface area (Å²) in [6.07, 6.45) is 2.51. The average molecular weight is 329 g/mol. The first-order valence-corrected chi connectivity index (χ1v) is 9.12. The minimum atomic E-state index is -1.15. The summed E-state index contributed by atoms with van der Waals surface area (Å²) in [5.74, 6) is -0.135. The minimum Gasteiger partial charge on any atom is -0.373 e. The van der Waals surface area contributed by atoms with E-state index in [0.717, 1.165) is 12.0 Å². The van der Waals surface area contributed by atoms with Crippen molar-refractivity contribution < 1.29 is 13.7 Å². The second kappa shape index (κ2) is 7.06. The van der Waals surface area contributed by atoms with Gasteiger partial charge in [0, 0.05) is 6.26 Å². The molecule has 0 aliphatic carbocycles. The van der Waals surface area contributed by atoms with Gasteiger partial charge in [-0.15, -0.1) is 0 Å². The highest BCUT2D eigenvalue weighted by atomic mass is 32.2. The largest absolute Gasteiger partial charge is 0.373 e. The molecular weight excluding hydrogens is 310 g/mol. The lowest BCUT2D eigenvalue weighted by atomic mass is 9.95. The standard InChI is InChI=1S/C18H19NO3S/c1-23(21)17-9-5-4-8-15(17)19-18(20)12-16-14-7-3-2-6-13(14)10-11-22-16/h2-9,16H,10-12H2,1H3,(H,19,20)/t16-,23-/m1/s1. The molecule has 2 aromatic rings. The quantitative estimate of drug-likeness (QED) is 0.938. The van der Waals surface area contributed by atoms with Crippen LogP contribution in [0, 0.1) is 0 Å². The van der Waals surface area contributed by atoms with Gasteiger partial charge in [-0.2, -0.15) is 0 Å². The second-order valence-corrected chi connectivity index (χ2v) is 6.86. The fraction of sp³-hybridized carbons (Fsp3) is 0.278. The highest BCUT2D eigenvalue weighted by Crippen LogP contribution is 2.30. The van der Waals surface area contributed by atoms with Crippen LogP contribution >= 0.6 is 0 Å². The molecule has 3 rings (SSSR count). The maximum atomic E-state index is 12.4. The van der Waals surface area contributed by atoms with Gasteiger partial charge >= 0.3 is 0 Å². The zero-order valence-corrected chi connectivity index (χ0v) is 13.8. The Hall–Kier alpha value is -1.98. The van der Waals surface area contributed by atoms with E-state index in [4.69, 9.17) is 4.74 Å². The molecule has 1 aliphatic rings. The SMILES string of the molecule is C[S@@](=O)c1ccccc1NC(=O)C[C@H]1OCCc2ccccc21. The van der Waals surface area contributed by atoms with E-state index in [1.807, 2.05) is 30.3 Å². The number of fused-ring (bicyclic) bond motifs is 1. The topological polar surface area (TPSA) is 55.4 Å². The molecule has 2 aromatic carbocycles. The van der Waals surface area contributed by atoms with Crippen LogP contribution in [0.4, 0.5) is 5.69 Å². The number of hydrogen-bond acceptors (Lipinski definition) is 3. The fourth-order valence-corrected chi connectivity index (χ4v) is 3.53. The van der Waals surface area contributed by atoms with Gasteiger partial charge in [0.05, 0.1) is 40.5 Å². The lowest BCUT2D eigenvalue weighted by Gasteiger charge is -2.25. The van der Waals surface area contributed by atoms with Crippen LogP contribution in [0.2, 0.25) is 0 Å². The number of benzene rings is 2. The summed E-state index contributed by atoms with van der Waals surface area (Å²) in [6, 6.07) is 15.2. The van der Waals surface area contributed by atoms with Crippen LogP contribution in [-0.4, -0.2) is 23.0 Å². The zero-order valence-electron chi connectivity index (χ0n) is 13.0. The minimum absolute atomic E-state index is 0.135. The maximum absolute atomic E-state index is 12.4. The molecular formula is C18H19NO3S. The van der Waals surface area contributed by atoms with E-state index in [-0.39, 0.29) is 18.4 Å². The van der Waals surface area contributed by atoms with Gasteiger partial charge in [-0.3, -0.25) is 9.00 Å². The van der Waals surface area contributed by atoms with Gasteiger partial charge in [0.2, 0.25) is 5.91 Å². The molecule has 23 heavy (non-hydrogen) atoms. The van der Waals surface area contributed by atoms with Crippen molar-refractivity contribution in [1.29, 1.82) is 0 Å². The second-order valence-electron chi connectivity index (χ2n) is 5.51. The molecule has 2 atom stereocenters. The lowest BCUT2D eigenvalue weighted by Crippen LogP contribution is -2.22. The van der Waals surface area contributed by atoms with Crippen molar-refractivity contribution in [3.05, 3.63) is 59.7 Å². The third-order valence-electron chi connectivity index (χ3n) is 3.93. The number of amides is 1. The molecule has 0 spiro atoms. The van der Waals surface area contributed by atoms with Crippen molar-refractivity contribution in [2.75, 3.05) is 18.2 Å². The third kappa shape index (κ3) is 3.68. The number of anilines is 1. The zero-order chi connectivity index (χ0) is 16.2. The molecule has 0 saturated heterocycles. The van der Waals surface area contributed by atoms with Crippen LogP contribution < -0.4 is 5.32 Å². The van der Waals surface area contributed by atoms with Gasteiger partial charge in [-0.25, -0.2) is 0 Å². The Morgan fingerprint density at radius 1 is 1.22 bits per heavy atom. The number of ether oxygens (including phenoxy) is 1. The summed E-state index contributed by atoms with van der Waals surface area (Å²) < 4.78 is 17.5. The Kier molecular flexibility index (Phi) is 4.88. The third-order valence-corrected chi connectivity index (χ3v) is 4.91. The van der Waals surface area contributed by atoms with Crippen molar-refractivity contribution in [1.82, 2.24) is 0 Å². The maximum Gasteiger partial charge on any atom is 0.227 e. The molecule has 1 heterocycles. The number of carbonyl (C=O) groups is 1. The summed E-state index contributed by atoms with van der Waals surface area (Å²) >= 11 is 0. The molecule has 1 N–H and O–H groups in total. The smallest absolute Gasteiger partial charge is 0.227 e. The Labute approximate surface area is 138 Å². The molecule has 0 bridgehead atoms. The lowest BCUT2D eigenvalue weighted by molar-refractivity contribution is -0.119. The van der Waals surface area contributed by atoms with Crippen molar-refractivity contribution in [3.8, 4) is 0 Å². The monoisotopic (exact) mass is 329 g/mol. The Morgan fingerprint density at radius 3 is 2.78 bits per heavy atom. The number of nitrogens with one attached hydrogen (secondary N) is 1. The fourth-order valence-electron chi connectivity index (χ4n) is 2.84. The van der Waals surface area contributed by atoms with Crippen LogP contribution in [0.1, 0.15) is 23.7 Å². The Bertz CT molecular complexity index is 745. The molecule has 0 saturated carbocycles. The highest BCUT2D eigenvalue weighted by molar-refractivity contribution is 7.84. The van der Waals surface area contributed by atoms with Gasteiger partial charge in [-0.05, 0) is 29.7 Å². The van der Waals surface area contributed by atoms with Crippen LogP contribution in [0.5, 0.6) is 0 Å². The molecule has 0 unspecified atom stereocenters. The van der Waals surface area contributed by atoms with E-state index < -0.39 is 10.8 Å². The number of carbonyl (C=O) groups excluding carboxylic acids is 1. The van der Waals surface area contributed by atoms with Crippen LogP contribution in [-0.2, 0) is 26.8 Å². The average Bonchev–Trinajstić information content (AvgIpc) is 2.55. The molecule has 0 fully saturated rings. The van der Waals surface area contributed by atoms with Crippen molar-refractivity contribution >= 4 is 22.4 Å². The predicted molar refractivity (Wildman–Crippen MR) is 90.9 cm³/mol. The van der Waals surface area contributed by atoms with E-state index in [1.54, 1.807) is 18.4 Å². The van der Waals surface area contributed by atoms with Crippen LogP contribution in [0.3, 0.4) is 0 Å². The normalized spacial score (nSPS) is 18.0. The molecule has 0 aromatic heterocycles. The molecule has 1 aliphatic heterocycles. The van der Waals surface area contributed by atoms with E-state index in [1.165, 1.54) is 5.56 Å².